The van der Waals surface area contributed by atoms with Crippen LogP contribution in [-0.4, -0.2) is 23.2 Å². The molecule has 4 nitrogen and oxygen atoms in total. The van der Waals surface area contributed by atoms with Gasteiger partial charge in [0.25, 0.3) is 0 Å². The van der Waals surface area contributed by atoms with Gasteiger partial charge in [0.15, 0.2) is 0 Å². The SMILES string of the molecule is COc1ccc(Br)cc1-c1[nH]c2c(C(C)C)cccc2c1CC(=O)O. The predicted octanol–water partition coefficient (Wildman–Crippen LogP) is 5.36. The minimum atomic E-state index is -0.855. The van der Waals surface area contributed by atoms with Crippen LogP contribution in [0.1, 0.15) is 30.9 Å². The molecular weight excluding hydrogens is 382 g/mol. The third-order valence-electron chi connectivity index (χ3n) is 4.35. The van der Waals surface area contributed by atoms with Crippen molar-refractivity contribution in [3.05, 3.63) is 52.0 Å². The summed E-state index contributed by atoms with van der Waals surface area (Å²) in [5.41, 5.74) is 4.58. The van der Waals surface area contributed by atoms with Gasteiger partial charge in [0.2, 0.25) is 0 Å². The standard InChI is InChI=1S/C20H20BrNO3/c1-11(2)13-5-4-6-14-15(10-18(23)24)20(22-19(13)14)16-9-12(21)7-8-17(16)25-3/h4-9,11,22H,10H2,1-3H3,(H,23,24). The third kappa shape index (κ3) is 3.29. The lowest BCUT2D eigenvalue weighted by molar-refractivity contribution is -0.136. The van der Waals surface area contributed by atoms with Crippen LogP contribution in [0.3, 0.4) is 0 Å². The van der Waals surface area contributed by atoms with E-state index in [1.165, 1.54) is 5.56 Å². The van der Waals surface area contributed by atoms with Crippen molar-refractivity contribution in [1.29, 1.82) is 0 Å². The van der Waals surface area contributed by atoms with E-state index in [0.717, 1.165) is 32.2 Å². The van der Waals surface area contributed by atoms with Crippen LogP contribution in [0.15, 0.2) is 40.9 Å². The number of methoxy groups -OCH3 is 1. The van der Waals surface area contributed by atoms with Crippen LogP contribution in [0.4, 0.5) is 0 Å². The van der Waals surface area contributed by atoms with Gasteiger partial charge in [-0.15, -0.1) is 0 Å². The van der Waals surface area contributed by atoms with Crippen LogP contribution >= 0.6 is 15.9 Å². The van der Waals surface area contributed by atoms with E-state index in [1.54, 1.807) is 7.11 Å². The number of nitrogens with one attached hydrogen (secondary N) is 1. The van der Waals surface area contributed by atoms with Gasteiger partial charge in [0.05, 0.1) is 19.2 Å². The highest BCUT2D eigenvalue weighted by Crippen LogP contribution is 2.39. The largest absolute Gasteiger partial charge is 0.496 e. The molecule has 3 rings (SSSR count). The van der Waals surface area contributed by atoms with E-state index < -0.39 is 5.97 Å². The van der Waals surface area contributed by atoms with E-state index in [0.29, 0.717) is 11.7 Å². The average Bonchev–Trinajstić information content (AvgIpc) is 2.92. The van der Waals surface area contributed by atoms with E-state index in [2.05, 4.69) is 40.8 Å². The summed E-state index contributed by atoms with van der Waals surface area (Å²) >= 11 is 3.49. The van der Waals surface area contributed by atoms with Crippen molar-refractivity contribution in [2.45, 2.75) is 26.2 Å². The van der Waals surface area contributed by atoms with Crippen LogP contribution in [0.2, 0.25) is 0 Å². The number of H-pyrrole nitrogens is 1. The number of carboxylic acids is 1. The smallest absolute Gasteiger partial charge is 0.307 e. The number of halogens is 1. The van der Waals surface area contributed by atoms with Gasteiger partial charge in [-0.05, 0) is 35.2 Å². The molecule has 0 bridgehead atoms. The van der Waals surface area contributed by atoms with Crippen molar-refractivity contribution in [2.75, 3.05) is 7.11 Å². The number of hydrogen-bond acceptors (Lipinski definition) is 2. The Bertz CT molecular complexity index is 944. The molecule has 0 atom stereocenters. The van der Waals surface area contributed by atoms with Crippen LogP contribution < -0.4 is 4.74 Å². The molecule has 0 amide bonds. The third-order valence-corrected chi connectivity index (χ3v) is 4.85. The van der Waals surface area contributed by atoms with Crippen molar-refractivity contribution in [3.63, 3.8) is 0 Å². The molecule has 130 valence electrons. The summed E-state index contributed by atoms with van der Waals surface area (Å²) in [4.78, 5) is 15.0. The van der Waals surface area contributed by atoms with Crippen LogP contribution in [0, 0.1) is 0 Å². The van der Waals surface area contributed by atoms with Crippen LogP contribution in [0.5, 0.6) is 5.75 Å². The second-order valence-electron chi connectivity index (χ2n) is 6.32. The number of aromatic nitrogens is 1. The first-order valence-corrected chi connectivity index (χ1v) is 8.90. The minimum absolute atomic E-state index is 0.0491. The van der Waals surface area contributed by atoms with Crippen molar-refractivity contribution in [2.24, 2.45) is 0 Å². The Kier molecular flexibility index (Phi) is 4.86. The molecule has 25 heavy (non-hydrogen) atoms. The number of fused-ring (bicyclic) bond motifs is 1. The Morgan fingerprint density at radius 1 is 1.28 bits per heavy atom. The van der Waals surface area contributed by atoms with Gasteiger partial charge in [0, 0.05) is 20.9 Å². The van der Waals surface area contributed by atoms with Crippen LogP contribution in [-0.2, 0) is 11.2 Å². The molecular formula is C20H20BrNO3. The minimum Gasteiger partial charge on any atom is -0.496 e. The number of carboxylic acid groups (broad SMARTS) is 1. The molecule has 0 spiro atoms. The van der Waals surface area contributed by atoms with Crippen molar-refractivity contribution < 1.29 is 14.6 Å². The Morgan fingerprint density at radius 2 is 2.04 bits per heavy atom. The topological polar surface area (TPSA) is 62.3 Å². The fourth-order valence-corrected chi connectivity index (χ4v) is 3.58. The molecule has 5 heteroatoms. The number of aromatic amines is 1. The van der Waals surface area contributed by atoms with Gasteiger partial charge >= 0.3 is 5.97 Å². The van der Waals surface area contributed by atoms with E-state index in [4.69, 9.17) is 4.74 Å². The lowest BCUT2D eigenvalue weighted by Crippen LogP contribution is -2.01. The fourth-order valence-electron chi connectivity index (χ4n) is 3.22. The summed E-state index contributed by atoms with van der Waals surface area (Å²) in [6, 6.07) is 11.8. The van der Waals surface area contributed by atoms with E-state index in [1.807, 2.05) is 30.3 Å². The zero-order chi connectivity index (χ0) is 18.1. The molecule has 0 fully saturated rings. The molecule has 0 aliphatic heterocycles. The van der Waals surface area contributed by atoms with Crippen molar-refractivity contribution >= 4 is 32.8 Å². The fraction of sp³-hybridized carbons (Fsp3) is 0.250. The molecule has 0 unspecified atom stereocenters. The lowest BCUT2D eigenvalue weighted by atomic mass is 9.97. The highest BCUT2D eigenvalue weighted by Gasteiger charge is 2.20. The molecule has 0 radical (unpaired) electrons. The zero-order valence-electron chi connectivity index (χ0n) is 14.4. The maximum Gasteiger partial charge on any atom is 0.307 e. The van der Waals surface area contributed by atoms with Gasteiger partial charge in [0.1, 0.15) is 5.75 Å². The van der Waals surface area contributed by atoms with Crippen LogP contribution in [0.25, 0.3) is 22.2 Å². The molecule has 3 aromatic rings. The molecule has 0 saturated heterocycles. The summed E-state index contributed by atoms with van der Waals surface area (Å²) in [7, 11) is 1.62. The second-order valence-corrected chi connectivity index (χ2v) is 7.23. The Morgan fingerprint density at radius 3 is 2.68 bits per heavy atom. The first-order valence-electron chi connectivity index (χ1n) is 8.11. The first-order chi connectivity index (χ1) is 11.9. The maximum absolute atomic E-state index is 11.5. The maximum atomic E-state index is 11.5. The van der Waals surface area contributed by atoms with E-state index >= 15 is 0 Å². The Labute approximate surface area is 155 Å². The zero-order valence-corrected chi connectivity index (χ0v) is 16.0. The normalized spacial score (nSPS) is 11.2. The van der Waals surface area contributed by atoms with Gasteiger partial charge in [-0.2, -0.15) is 0 Å². The monoisotopic (exact) mass is 401 g/mol. The average molecular weight is 402 g/mol. The molecule has 0 saturated carbocycles. The molecule has 1 heterocycles. The number of para-hydroxylation sites is 1. The van der Waals surface area contributed by atoms with Gasteiger partial charge < -0.3 is 14.8 Å². The van der Waals surface area contributed by atoms with Gasteiger partial charge in [-0.1, -0.05) is 48.0 Å². The summed E-state index contributed by atoms with van der Waals surface area (Å²) in [5, 5.41) is 10.4. The summed E-state index contributed by atoms with van der Waals surface area (Å²) < 4.78 is 6.41. The number of carbonyl (C=O) groups is 1. The van der Waals surface area contributed by atoms with Crippen molar-refractivity contribution in [3.8, 4) is 17.0 Å². The number of benzene rings is 2. The quantitative estimate of drug-likeness (QED) is 0.604. The highest BCUT2D eigenvalue weighted by molar-refractivity contribution is 9.10. The van der Waals surface area contributed by atoms with Crippen molar-refractivity contribution in [1.82, 2.24) is 4.98 Å². The molecule has 2 N–H and O–H groups in total. The number of hydrogen-bond donors (Lipinski definition) is 2. The number of ether oxygens (including phenoxy) is 1. The Balaban J connectivity index is 2.36. The summed E-state index contributed by atoms with van der Waals surface area (Å²) in [5.74, 6) is 0.177. The number of aliphatic carboxylic acids is 1. The summed E-state index contributed by atoms with van der Waals surface area (Å²) in [6.45, 7) is 4.26. The molecule has 0 aliphatic carbocycles. The van der Waals surface area contributed by atoms with E-state index in [9.17, 15) is 9.90 Å². The molecule has 2 aromatic carbocycles. The predicted molar refractivity (Wildman–Crippen MR) is 103 cm³/mol. The van der Waals surface area contributed by atoms with Gasteiger partial charge in [-0.3, -0.25) is 4.79 Å². The van der Waals surface area contributed by atoms with E-state index in [-0.39, 0.29) is 6.42 Å². The second kappa shape index (κ2) is 6.92. The molecule has 1 aromatic heterocycles. The first kappa shape index (κ1) is 17.5. The number of rotatable bonds is 5. The lowest BCUT2D eigenvalue weighted by Gasteiger charge is -2.09. The summed E-state index contributed by atoms with van der Waals surface area (Å²) in [6.07, 6.45) is -0.0491. The highest BCUT2D eigenvalue weighted by atomic mass is 79.9. The Hall–Kier alpha value is -2.27. The van der Waals surface area contributed by atoms with Gasteiger partial charge in [-0.25, -0.2) is 0 Å². The molecule has 0 aliphatic rings.